The van der Waals surface area contributed by atoms with Crippen LogP contribution in [0.5, 0.6) is 17.2 Å². The molecule has 0 aliphatic rings. The molecule has 2 aromatic carbocycles. The molecule has 0 aliphatic heterocycles. The third kappa shape index (κ3) is 4.95. The summed E-state index contributed by atoms with van der Waals surface area (Å²) in [6.45, 7) is 0.680. The number of carbonyl (C=O) groups is 1. The Labute approximate surface area is 169 Å². The van der Waals surface area contributed by atoms with Crippen molar-refractivity contribution in [3.63, 3.8) is 0 Å². The van der Waals surface area contributed by atoms with Gasteiger partial charge in [-0.05, 0) is 17.7 Å². The molecule has 1 aromatic heterocycles. The van der Waals surface area contributed by atoms with Gasteiger partial charge in [-0.25, -0.2) is 4.98 Å². The van der Waals surface area contributed by atoms with Crippen molar-refractivity contribution in [2.24, 2.45) is 0 Å². The number of nitrogens with zero attached hydrogens (tertiary/aromatic N) is 1. The summed E-state index contributed by atoms with van der Waals surface area (Å²) in [5.41, 5.74) is 2.80. The van der Waals surface area contributed by atoms with Gasteiger partial charge in [0.05, 0.1) is 33.2 Å². The summed E-state index contributed by atoms with van der Waals surface area (Å²) < 4.78 is 15.9. The average Bonchev–Trinajstić information content (AvgIpc) is 2.77. The Hall–Kier alpha value is -3.74. The summed E-state index contributed by atoms with van der Waals surface area (Å²) in [6, 6.07) is 16.9. The number of nitrogens with one attached hydrogen (secondary N) is 2. The zero-order valence-electron chi connectivity index (χ0n) is 16.6. The predicted molar refractivity (Wildman–Crippen MR) is 112 cm³/mol. The van der Waals surface area contributed by atoms with Crippen molar-refractivity contribution >= 4 is 17.3 Å². The van der Waals surface area contributed by atoms with Crippen LogP contribution in [0.25, 0.3) is 0 Å². The number of carbonyl (C=O) groups excluding carboxylic acids is 1. The molecule has 0 radical (unpaired) electrons. The first-order chi connectivity index (χ1) is 14.1. The van der Waals surface area contributed by atoms with Gasteiger partial charge in [0.1, 0.15) is 5.69 Å². The lowest BCUT2D eigenvalue weighted by atomic mass is 10.2. The molecule has 0 unspecified atom stereocenters. The van der Waals surface area contributed by atoms with E-state index in [1.54, 1.807) is 24.4 Å². The van der Waals surface area contributed by atoms with Crippen LogP contribution in [0.3, 0.4) is 0 Å². The lowest BCUT2D eigenvalue weighted by molar-refractivity contribution is 0.102. The van der Waals surface area contributed by atoms with Crippen molar-refractivity contribution in [3.05, 3.63) is 72.1 Å². The highest BCUT2D eigenvalue weighted by Gasteiger charge is 2.15. The van der Waals surface area contributed by atoms with E-state index in [0.717, 1.165) is 11.3 Å². The van der Waals surface area contributed by atoms with E-state index in [9.17, 15) is 4.79 Å². The van der Waals surface area contributed by atoms with Crippen molar-refractivity contribution in [1.29, 1.82) is 0 Å². The van der Waals surface area contributed by atoms with Crippen LogP contribution in [0, 0.1) is 0 Å². The molecule has 1 heterocycles. The van der Waals surface area contributed by atoms with Crippen molar-refractivity contribution in [2.45, 2.75) is 6.54 Å². The van der Waals surface area contributed by atoms with E-state index in [4.69, 9.17) is 14.2 Å². The number of methoxy groups -OCH3 is 3. The normalized spacial score (nSPS) is 10.2. The molecular weight excluding hydrogens is 370 g/mol. The fraction of sp³-hybridized carbons (Fsp3) is 0.182. The van der Waals surface area contributed by atoms with E-state index >= 15 is 0 Å². The molecule has 0 aliphatic carbocycles. The van der Waals surface area contributed by atoms with Gasteiger partial charge in [-0.2, -0.15) is 0 Å². The van der Waals surface area contributed by atoms with Crippen LogP contribution >= 0.6 is 0 Å². The molecule has 29 heavy (non-hydrogen) atoms. The fourth-order valence-electron chi connectivity index (χ4n) is 2.78. The number of anilines is 2. The van der Waals surface area contributed by atoms with E-state index in [1.807, 2.05) is 36.4 Å². The van der Waals surface area contributed by atoms with E-state index in [1.165, 1.54) is 21.3 Å². The first kappa shape index (κ1) is 20.0. The van der Waals surface area contributed by atoms with Crippen LogP contribution in [0.15, 0.2) is 60.8 Å². The predicted octanol–water partition coefficient (Wildman–Crippen LogP) is 3.97. The molecule has 0 spiro atoms. The molecule has 0 saturated carbocycles. The molecule has 0 saturated heterocycles. The minimum atomic E-state index is -0.339. The highest BCUT2D eigenvalue weighted by molar-refractivity contribution is 6.03. The first-order valence-electron chi connectivity index (χ1n) is 8.99. The number of benzene rings is 2. The van der Waals surface area contributed by atoms with Crippen LogP contribution < -0.4 is 24.8 Å². The van der Waals surface area contributed by atoms with E-state index in [0.29, 0.717) is 35.2 Å². The van der Waals surface area contributed by atoms with E-state index in [-0.39, 0.29) is 5.91 Å². The van der Waals surface area contributed by atoms with Crippen molar-refractivity contribution in [2.75, 3.05) is 32.0 Å². The van der Waals surface area contributed by atoms with Crippen LogP contribution in [0.4, 0.5) is 11.4 Å². The minimum absolute atomic E-state index is 0.295. The van der Waals surface area contributed by atoms with Crippen LogP contribution in [-0.4, -0.2) is 32.2 Å². The molecule has 3 aromatic rings. The second kappa shape index (κ2) is 9.45. The second-order valence-corrected chi connectivity index (χ2v) is 6.14. The summed E-state index contributed by atoms with van der Waals surface area (Å²) >= 11 is 0. The van der Waals surface area contributed by atoms with Gasteiger partial charge in [-0.15, -0.1) is 0 Å². The Morgan fingerprint density at radius 2 is 1.59 bits per heavy atom. The molecule has 3 rings (SSSR count). The summed E-state index contributed by atoms with van der Waals surface area (Å²) in [5, 5.41) is 6.08. The fourth-order valence-corrected chi connectivity index (χ4v) is 2.78. The smallest absolute Gasteiger partial charge is 0.274 e. The molecule has 2 N–H and O–H groups in total. The standard InChI is InChI=1S/C22H23N3O4/c1-27-19-11-17(12-20(28-2)21(19)29-3)25-22(26)18-10-9-16(14-24-18)23-13-15-7-5-4-6-8-15/h4-12,14,23H,13H2,1-3H3,(H,25,26). The van der Waals surface area contributed by atoms with Gasteiger partial charge in [0.25, 0.3) is 5.91 Å². The Kier molecular flexibility index (Phi) is 6.52. The molecule has 7 nitrogen and oxygen atoms in total. The number of hydrogen-bond donors (Lipinski definition) is 2. The van der Waals surface area contributed by atoms with Crippen LogP contribution in [-0.2, 0) is 6.54 Å². The van der Waals surface area contributed by atoms with E-state index in [2.05, 4.69) is 15.6 Å². The van der Waals surface area contributed by atoms with Gasteiger partial charge >= 0.3 is 0 Å². The number of amides is 1. The Morgan fingerprint density at radius 1 is 0.897 bits per heavy atom. The van der Waals surface area contributed by atoms with Crippen LogP contribution in [0.1, 0.15) is 16.1 Å². The Balaban J connectivity index is 1.68. The van der Waals surface area contributed by atoms with Gasteiger partial charge in [-0.3, -0.25) is 4.79 Å². The number of aromatic nitrogens is 1. The summed E-state index contributed by atoms with van der Waals surface area (Å²) in [6.07, 6.45) is 1.63. The van der Waals surface area contributed by atoms with Crippen LogP contribution in [0.2, 0.25) is 0 Å². The second-order valence-electron chi connectivity index (χ2n) is 6.14. The topological polar surface area (TPSA) is 81.7 Å². The summed E-state index contributed by atoms with van der Waals surface area (Å²) in [4.78, 5) is 16.8. The number of rotatable bonds is 8. The first-order valence-corrected chi connectivity index (χ1v) is 8.99. The van der Waals surface area contributed by atoms with Gasteiger partial charge in [-0.1, -0.05) is 30.3 Å². The SMILES string of the molecule is COc1cc(NC(=O)c2ccc(NCc3ccccc3)cn2)cc(OC)c1OC. The molecule has 0 fully saturated rings. The minimum Gasteiger partial charge on any atom is -0.493 e. The zero-order chi connectivity index (χ0) is 20.6. The maximum Gasteiger partial charge on any atom is 0.274 e. The number of hydrogen-bond acceptors (Lipinski definition) is 6. The van der Waals surface area contributed by atoms with Gasteiger partial charge in [0.2, 0.25) is 5.75 Å². The lowest BCUT2D eigenvalue weighted by Gasteiger charge is -2.14. The Morgan fingerprint density at radius 3 is 2.14 bits per heavy atom. The lowest BCUT2D eigenvalue weighted by Crippen LogP contribution is -2.14. The molecule has 0 atom stereocenters. The van der Waals surface area contributed by atoms with Crippen molar-refractivity contribution < 1.29 is 19.0 Å². The highest BCUT2D eigenvalue weighted by Crippen LogP contribution is 2.40. The molecule has 7 heteroatoms. The summed E-state index contributed by atoms with van der Waals surface area (Å²) in [5.74, 6) is 1.03. The number of pyridine rings is 1. The van der Waals surface area contributed by atoms with Crippen molar-refractivity contribution in [3.8, 4) is 17.2 Å². The number of ether oxygens (including phenoxy) is 3. The molecule has 150 valence electrons. The average molecular weight is 393 g/mol. The molecule has 1 amide bonds. The van der Waals surface area contributed by atoms with Crippen molar-refractivity contribution in [1.82, 2.24) is 4.98 Å². The monoisotopic (exact) mass is 393 g/mol. The van der Waals surface area contributed by atoms with Gasteiger partial charge < -0.3 is 24.8 Å². The van der Waals surface area contributed by atoms with Gasteiger partial charge in [0, 0.05) is 24.4 Å². The summed E-state index contributed by atoms with van der Waals surface area (Å²) in [7, 11) is 4.56. The highest BCUT2D eigenvalue weighted by atomic mass is 16.5. The maximum absolute atomic E-state index is 12.6. The third-order valence-corrected chi connectivity index (χ3v) is 4.26. The molecular formula is C22H23N3O4. The zero-order valence-corrected chi connectivity index (χ0v) is 16.6. The maximum atomic E-state index is 12.6. The molecule has 0 bridgehead atoms. The largest absolute Gasteiger partial charge is 0.493 e. The Bertz CT molecular complexity index is 935. The quantitative estimate of drug-likeness (QED) is 0.603. The van der Waals surface area contributed by atoms with E-state index < -0.39 is 0 Å². The van der Waals surface area contributed by atoms with Gasteiger partial charge in [0.15, 0.2) is 11.5 Å². The third-order valence-electron chi connectivity index (χ3n) is 4.26.